The monoisotopic (exact) mass is 806 g/mol. The molecule has 0 radical (unpaired) electrons. The lowest BCUT2D eigenvalue weighted by atomic mass is 9.77. The lowest BCUT2D eigenvalue weighted by Gasteiger charge is -2.49. The maximum Gasteiger partial charge on any atom is 0.407 e. The molecule has 0 spiro atoms. The Balaban J connectivity index is 1.04. The molecule has 3 aliphatic heterocycles. The standard InChI is InChI=1S/C42H36F2N6O5S2/c43-40(44)55-48-33(32-25-57-41(45-32)47-42(29-14-4-1-5-15-29,30-16-6-2-7-17-30)31-18-8-3-9-19-31)36(51)46-34-37(52)50-35(39(53)54)28(24-56-38(34)50)23-49-21-20-26-12-10-11-13-27(26)22-49/h1-19,25,34,38,40H,20-24H2,(H,45,47)(H,46,51)(H,53,54)/t34?,38-/m0/s1. The minimum Gasteiger partial charge on any atom is -0.477 e. The van der Waals surface area contributed by atoms with Crippen LogP contribution < -0.4 is 10.6 Å². The Labute approximate surface area is 335 Å². The largest absolute Gasteiger partial charge is 0.477 e. The number of thioether (sulfide) groups is 1. The molecule has 1 unspecified atom stereocenters. The van der Waals surface area contributed by atoms with E-state index >= 15 is 0 Å². The second kappa shape index (κ2) is 16.3. The molecule has 0 bridgehead atoms. The van der Waals surface area contributed by atoms with Crippen LogP contribution in [0, 0.1) is 0 Å². The molecule has 3 aliphatic rings. The van der Waals surface area contributed by atoms with Crippen molar-refractivity contribution in [2.24, 2.45) is 5.16 Å². The topological polar surface area (TPSA) is 136 Å². The summed E-state index contributed by atoms with van der Waals surface area (Å²) < 4.78 is 26.7. The predicted octanol–water partition coefficient (Wildman–Crippen LogP) is 6.29. The smallest absolute Gasteiger partial charge is 0.407 e. The number of β-lactam (4-membered cyclic amide) rings is 1. The third-order valence-electron chi connectivity index (χ3n) is 10.3. The number of oxime groups is 1. The van der Waals surface area contributed by atoms with Crippen molar-refractivity contribution in [2.45, 2.75) is 36.5 Å². The number of benzene rings is 4. The predicted molar refractivity (Wildman–Crippen MR) is 214 cm³/mol. The van der Waals surface area contributed by atoms with Crippen molar-refractivity contribution in [3.8, 4) is 0 Å². The number of anilines is 1. The molecule has 15 heteroatoms. The SMILES string of the molecule is O=C(O)C1=C(CN2CCc3ccccc3C2)CS[C@H]2C(NC(=O)C(=NOC(F)F)c3csc(NC(c4ccccc4)(c4ccccc4)c4ccccc4)n3)C(=O)N12. The Morgan fingerprint density at radius 3 is 2.11 bits per heavy atom. The highest BCUT2D eigenvalue weighted by Crippen LogP contribution is 2.42. The van der Waals surface area contributed by atoms with Gasteiger partial charge in [-0.1, -0.05) is 120 Å². The van der Waals surface area contributed by atoms with E-state index in [0.29, 0.717) is 29.5 Å². The molecule has 57 heavy (non-hydrogen) atoms. The number of hydrogen-bond acceptors (Lipinski definition) is 10. The Morgan fingerprint density at radius 2 is 1.51 bits per heavy atom. The van der Waals surface area contributed by atoms with Gasteiger partial charge >= 0.3 is 12.6 Å². The number of aliphatic carboxylic acids is 1. The van der Waals surface area contributed by atoms with Crippen LogP contribution in [-0.2, 0) is 37.7 Å². The fraction of sp³-hybridized carbons (Fsp3) is 0.214. The first kappa shape index (κ1) is 38.0. The number of nitrogens with zero attached hydrogens (tertiary/aromatic N) is 4. The van der Waals surface area contributed by atoms with E-state index in [-0.39, 0.29) is 11.4 Å². The molecular weight excluding hydrogens is 771 g/mol. The van der Waals surface area contributed by atoms with Crippen LogP contribution in [0.25, 0.3) is 0 Å². The third kappa shape index (κ3) is 7.53. The molecule has 4 heterocycles. The zero-order valence-electron chi connectivity index (χ0n) is 30.3. The van der Waals surface area contributed by atoms with Gasteiger partial charge in [0, 0.05) is 30.8 Å². The Hall–Kier alpha value is -5.90. The third-order valence-corrected chi connectivity index (χ3v) is 12.4. The fourth-order valence-corrected chi connectivity index (χ4v) is 9.74. The molecule has 1 saturated heterocycles. The lowest BCUT2D eigenvalue weighted by molar-refractivity contribution is -0.150. The van der Waals surface area contributed by atoms with Crippen molar-refractivity contribution in [1.82, 2.24) is 20.1 Å². The van der Waals surface area contributed by atoms with Crippen LogP contribution in [0.1, 0.15) is 33.5 Å². The van der Waals surface area contributed by atoms with Crippen LogP contribution in [0.3, 0.4) is 0 Å². The number of carbonyl (C=O) groups excluding carboxylic acids is 2. The number of alkyl halides is 2. The van der Waals surface area contributed by atoms with Crippen LogP contribution in [0.15, 0.2) is 137 Å². The summed E-state index contributed by atoms with van der Waals surface area (Å²) in [5, 5.41) is 21.0. The van der Waals surface area contributed by atoms with Gasteiger partial charge in [-0.05, 0) is 39.8 Å². The summed E-state index contributed by atoms with van der Waals surface area (Å²) in [7, 11) is 0. The zero-order valence-corrected chi connectivity index (χ0v) is 31.9. The number of hydrogen-bond donors (Lipinski definition) is 3. The Morgan fingerprint density at radius 1 is 0.912 bits per heavy atom. The van der Waals surface area contributed by atoms with Gasteiger partial charge in [-0.25, -0.2) is 9.78 Å². The molecule has 0 aliphatic carbocycles. The van der Waals surface area contributed by atoms with Crippen molar-refractivity contribution in [1.29, 1.82) is 0 Å². The van der Waals surface area contributed by atoms with Gasteiger partial charge in [-0.2, -0.15) is 8.78 Å². The van der Waals surface area contributed by atoms with Gasteiger partial charge in [0.1, 0.15) is 28.3 Å². The number of carboxylic acids is 1. The Bertz CT molecular complexity index is 2250. The highest BCUT2D eigenvalue weighted by atomic mass is 32.2. The lowest BCUT2D eigenvalue weighted by Crippen LogP contribution is -2.71. The molecule has 1 aromatic heterocycles. The number of carboxylic acid groups (broad SMARTS) is 1. The molecule has 290 valence electrons. The first-order valence-electron chi connectivity index (χ1n) is 18.2. The number of thiazole rings is 1. The van der Waals surface area contributed by atoms with Crippen LogP contribution in [-0.4, -0.2) is 80.3 Å². The van der Waals surface area contributed by atoms with Gasteiger partial charge in [-0.3, -0.25) is 19.4 Å². The summed E-state index contributed by atoms with van der Waals surface area (Å²) in [5.74, 6) is -2.53. The maximum absolute atomic E-state index is 13.8. The van der Waals surface area contributed by atoms with Crippen molar-refractivity contribution in [2.75, 3.05) is 24.2 Å². The minimum atomic E-state index is -3.34. The van der Waals surface area contributed by atoms with E-state index in [1.54, 1.807) is 0 Å². The maximum atomic E-state index is 13.8. The van der Waals surface area contributed by atoms with Crippen molar-refractivity contribution in [3.05, 3.63) is 165 Å². The average Bonchev–Trinajstić information content (AvgIpc) is 3.70. The quantitative estimate of drug-likeness (QED) is 0.0543. The molecule has 3 N–H and O–H groups in total. The molecule has 4 aromatic carbocycles. The van der Waals surface area contributed by atoms with Gasteiger partial charge in [0.25, 0.3) is 11.8 Å². The molecule has 2 atom stereocenters. The van der Waals surface area contributed by atoms with Gasteiger partial charge in [0.15, 0.2) is 10.8 Å². The molecule has 0 saturated carbocycles. The summed E-state index contributed by atoms with van der Waals surface area (Å²) in [4.78, 5) is 52.3. The van der Waals surface area contributed by atoms with Crippen LogP contribution >= 0.6 is 23.1 Å². The highest BCUT2D eigenvalue weighted by molar-refractivity contribution is 8.00. The number of aromatic nitrogens is 1. The first-order valence-corrected chi connectivity index (χ1v) is 20.1. The van der Waals surface area contributed by atoms with Crippen LogP contribution in [0.4, 0.5) is 13.9 Å². The van der Waals surface area contributed by atoms with E-state index in [0.717, 1.165) is 41.0 Å². The molecule has 2 amide bonds. The van der Waals surface area contributed by atoms with E-state index in [4.69, 9.17) is 0 Å². The van der Waals surface area contributed by atoms with Gasteiger partial charge in [-0.15, -0.1) is 23.1 Å². The molecule has 1 fully saturated rings. The number of rotatable bonds is 13. The van der Waals surface area contributed by atoms with E-state index in [1.807, 2.05) is 103 Å². The fourth-order valence-electron chi connectivity index (χ4n) is 7.65. The van der Waals surface area contributed by atoms with Gasteiger partial charge in [0.05, 0.1) is 0 Å². The zero-order chi connectivity index (χ0) is 39.5. The second-order valence-electron chi connectivity index (χ2n) is 13.7. The Kier molecular flexibility index (Phi) is 10.9. The van der Waals surface area contributed by atoms with Crippen molar-refractivity contribution >= 4 is 51.7 Å². The molecule has 11 nitrogen and oxygen atoms in total. The van der Waals surface area contributed by atoms with E-state index in [9.17, 15) is 28.3 Å². The number of amides is 2. The summed E-state index contributed by atoms with van der Waals surface area (Å²) in [6, 6.07) is 36.2. The highest BCUT2D eigenvalue weighted by Gasteiger charge is 2.54. The molecular formula is C42H36F2N6O5S2. The van der Waals surface area contributed by atoms with Crippen LogP contribution in [0.5, 0.6) is 0 Å². The number of halogens is 2. The van der Waals surface area contributed by atoms with E-state index < -0.39 is 47.1 Å². The van der Waals surface area contributed by atoms with Gasteiger partial charge < -0.3 is 20.6 Å². The van der Waals surface area contributed by atoms with Crippen LogP contribution in [0.2, 0.25) is 0 Å². The van der Waals surface area contributed by atoms with E-state index in [1.165, 1.54) is 33.2 Å². The van der Waals surface area contributed by atoms with E-state index in [2.05, 4.69) is 42.6 Å². The summed E-state index contributed by atoms with van der Waals surface area (Å²) in [6.07, 6.45) is 0.835. The summed E-state index contributed by atoms with van der Waals surface area (Å²) in [6.45, 7) is -1.55. The molecule has 8 rings (SSSR count). The second-order valence-corrected chi connectivity index (χ2v) is 15.6. The number of carbonyl (C=O) groups is 3. The van der Waals surface area contributed by atoms with Crippen molar-refractivity contribution < 1.29 is 33.1 Å². The van der Waals surface area contributed by atoms with Gasteiger partial charge in [0.2, 0.25) is 0 Å². The average molecular weight is 807 g/mol. The normalized spacial score (nSPS) is 18.4. The van der Waals surface area contributed by atoms with Crippen molar-refractivity contribution in [3.63, 3.8) is 0 Å². The number of nitrogens with one attached hydrogen (secondary N) is 2. The molecule has 5 aromatic rings. The summed E-state index contributed by atoms with van der Waals surface area (Å²) >= 11 is 2.46. The number of fused-ring (bicyclic) bond motifs is 2. The first-order chi connectivity index (χ1) is 27.7. The summed E-state index contributed by atoms with van der Waals surface area (Å²) in [5.41, 5.74) is 4.02. The minimum absolute atomic E-state index is 0.0693.